The summed E-state index contributed by atoms with van der Waals surface area (Å²) in [4.78, 5) is 11.6. The molecule has 1 aliphatic rings. The Morgan fingerprint density at radius 3 is 2.81 bits per heavy atom. The van der Waals surface area contributed by atoms with Gasteiger partial charge in [0.05, 0.1) is 11.7 Å². The summed E-state index contributed by atoms with van der Waals surface area (Å²) in [5.74, 6) is 0.296. The van der Waals surface area contributed by atoms with Crippen molar-refractivity contribution in [2.45, 2.75) is 19.4 Å². The van der Waals surface area contributed by atoms with Gasteiger partial charge < -0.3 is 9.47 Å². The lowest BCUT2D eigenvalue weighted by Crippen LogP contribution is -2.17. The standard InChI is InChI=1S/C13H16O3/c1-10-7-12(15-8-10)9-16-13(14)11-5-3-2-4-6-11/h2-6,10,12H,7-9H2,1H3/t10-,12+/m1/s1. The number of esters is 1. The maximum atomic E-state index is 11.6. The highest BCUT2D eigenvalue weighted by atomic mass is 16.6. The van der Waals surface area contributed by atoms with Crippen LogP contribution in [0.3, 0.4) is 0 Å². The van der Waals surface area contributed by atoms with E-state index in [0.29, 0.717) is 18.1 Å². The van der Waals surface area contributed by atoms with E-state index in [1.165, 1.54) is 0 Å². The van der Waals surface area contributed by atoms with Crippen LogP contribution in [0.2, 0.25) is 0 Å². The topological polar surface area (TPSA) is 35.5 Å². The molecule has 1 aromatic rings. The average molecular weight is 220 g/mol. The molecule has 1 heterocycles. The lowest BCUT2D eigenvalue weighted by molar-refractivity contribution is 0.0158. The molecule has 86 valence electrons. The molecule has 0 radical (unpaired) electrons. The smallest absolute Gasteiger partial charge is 0.338 e. The number of ether oxygens (including phenoxy) is 2. The predicted molar refractivity (Wildman–Crippen MR) is 60.2 cm³/mol. The van der Waals surface area contributed by atoms with E-state index in [1.807, 2.05) is 18.2 Å². The molecule has 0 unspecified atom stereocenters. The van der Waals surface area contributed by atoms with Crippen LogP contribution in [0.15, 0.2) is 30.3 Å². The third-order valence-electron chi connectivity index (χ3n) is 2.69. The molecule has 1 saturated heterocycles. The Balaban J connectivity index is 1.80. The van der Waals surface area contributed by atoms with Gasteiger partial charge in [0.25, 0.3) is 0 Å². The maximum Gasteiger partial charge on any atom is 0.338 e. The molecule has 0 amide bonds. The van der Waals surface area contributed by atoms with Crippen LogP contribution in [0.1, 0.15) is 23.7 Å². The lowest BCUT2D eigenvalue weighted by Gasteiger charge is -2.10. The van der Waals surface area contributed by atoms with Crippen molar-refractivity contribution in [1.82, 2.24) is 0 Å². The van der Waals surface area contributed by atoms with E-state index in [2.05, 4.69) is 6.92 Å². The summed E-state index contributed by atoms with van der Waals surface area (Å²) >= 11 is 0. The highest BCUT2D eigenvalue weighted by molar-refractivity contribution is 5.89. The molecule has 0 saturated carbocycles. The first-order valence-corrected chi connectivity index (χ1v) is 5.59. The first kappa shape index (κ1) is 11.1. The SMILES string of the molecule is C[C@H]1CO[C@H](COC(=O)c2ccccc2)C1. The number of carbonyl (C=O) groups excluding carboxylic acids is 1. The highest BCUT2D eigenvalue weighted by Crippen LogP contribution is 2.19. The van der Waals surface area contributed by atoms with E-state index in [-0.39, 0.29) is 12.1 Å². The first-order valence-electron chi connectivity index (χ1n) is 5.59. The molecule has 0 aromatic heterocycles. The van der Waals surface area contributed by atoms with Gasteiger partial charge >= 0.3 is 5.97 Å². The van der Waals surface area contributed by atoms with Gasteiger partial charge in [0.2, 0.25) is 0 Å². The van der Waals surface area contributed by atoms with Crippen molar-refractivity contribution in [2.24, 2.45) is 5.92 Å². The first-order chi connectivity index (χ1) is 7.75. The molecule has 0 bridgehead atoms. The van der Waals surface area contributed by atoms with Crippen LogP contribution in [0, 0.1) is 5.92 Å². The van der Waals surface area contributed by atoms with Crippen LogP contribution in [-0.4, -0.2) is 25.3 Å². The fraction of sp³-hybridized carbons (Fsp3) is 0.462. The second kappa shape index (κ2) is 5.12. The number of carbonyl (C=O) groups is 1. The Labute approximate surface area is 95.4 Å². The van der Waals surface area contributed by atoms with Crippen LogP contribution in [0.5, 0.6) is 0 Å². The molecular weight excluding hydrogens is 204 g/mol. The Morgan fingerprint density at radius 1 is 1.44 bits per heavy atom. The van der Waals surface area contributed by atoms with Gasteiger partial charge in [-0.25, -0.2) is 4.79 Å². The minimum absolute atomic E-state index is 0.0719. The lowest BCUT2D eigenvalue weighted by atomic mass is 10.1. The molecule has 2 atom stereocenters. The third-order valence-corrected chi connectivity index (χ3v) is 2.69. The van der Waals surface area contributed by atoms with Crippen molar-refractivity contribution in [3.05, 3.63) is 35.9 Å². The summed E-state index contributed by atoms with van der Waals surface area (Å²) in [7, 11) is 0. The van der Waals surface area contributed by atoms with E-state index < -0.39 is 0 Å². The second-order valence-corrected chi connectivity index (χ2v) is 4.26. The van der Waals surface area contributed by atoms with E-state index in [4.69, 9.17) is 9.47 Å². The van der Waals surface area contributed by atoms with Crippen molar-refractivity contribution in [3.8, 4) is 0 Å². The van der Waals surface area contributed by atoms with Gasteiger partial charge in [0, 0.05) is 6.61 Å². The van der Waals surface area contributed by atoms with Crippen molar-refractivity contribution in [3.63, 3.8) is 0 Å². The van der Waals surface area contributed by atoms with Crippen LogP contribution < -0.4 is 0 Å². The summed E-state index contributed by atoms with van der Waals surface area (Å²) in [6.45, 7) is 3.27. The van der Waals surface area contributed by atoms with Crippen molar-refractivity contribution < 1.29 is 14.3 Å². The summed E-state index contributed by atoms with van der Waals surface area (Å²) in [5.41, 5.74) is 0.591. The predicted octanol–water partition coefficient (Wildman–Crippen LogP) is 2.27. The molecule has 1 aromatic carbocycles. The molecule has 1 fully saturated rings. The normalized spacial score (nSPS) is 24.3. The highest BCUT2D eigenvalue weighted by Gasteiger charge is 2.23. The zero-order valence-electron chi connectivity index (χ0n) is 9.39. The fourth-order valence-electron chi connectivity index (χ4n) is 1.83. The van der Waals surface area contributed by atoms with E-state index in [1.54, 1.807) is 12.1 Å². The largest absolute Gasteiger partial charge is 0.459 e. The van der Waals surface area contributed by atoms with Gasteiger partial charge in [0.15, 0.2) is 0 Å². The molecule has 0 spiro atoms. The third kappa shape index (κ3) is 2.83. The zero-order valence-corrected chi connectivity index (χ0v) is 9.39. The van der Waals surface area contributed by atoms with Gasteiger partial charge in [-0.2, -0.15) is 0 Å². The molecular formula is C13H16O3. The summed E-state index contributed by atoms with van der Waals surface area (Å²) in [6.07, 6.45) is 1.05. The van der Waals surface area contributed by atoms with Crippen molar-refractivity contribution in [1.29, 1.82) is 0 Å². The van der Waals surface area contributed by atoms with E-state index >= 15 is 0 Å². The van der Waals surface area contributed by atoms with Gasteiger partial charge in [-0.1, -0.05) is 25.1 Å². The van der Waals surface area contributed by atoms with Crippen LogP contribution in [0.25, 0.3) is 0 Å². The average Bonchev–Trinajstić information content (AvgIpc) is 2.73. The molecule has 16 heavy (non-hydrogen) atoms. The van der Waals surface area contributed by atoms with Gasteiger partial charge in [0.1, 0.15) is 6.61 Å². The maximum absolute atomic E-state index is 11.6. The Hall–Kier alpha value is -1.35. The van der Waals surface area contributed by atoms with Crippen molar-refractivity contribution >= 4 is 5.97 Å². The fourth-order valence-corrected chi connectivity index (χ4v) is 1.83. The van der Waals surface area contributed by atoms with E-state index in [0.717, 1.165) is 13.0 Å². The second-order valence-electron chi connectivity index (χ2n) is 4.26. The molecule has 1 aliphatic heterocycles. The van der Waals surface area contributed by atoms with Crippen LogP contribution in [0.4, 0.5) is 0 Å². The summed E-state index contributed by atoms with van der Waals surface area (Å²) < 4.78 is 10.7. The Bertz CT molecular complexity index is 347. The monoisotopic (exact) mass is 220 g/mol. The van der Waals surface area contributed by atoms with Crippen molar-refractivity contribution in [2.75, 3.05) is 13.2 Å². The van der Waals surface area contributed by atoms with Gasteiger partial charge in [-0.05, 0) is 24.5 Å². The zero-order chi connectivity index (χ0) is 11.4. The minimum atomic E-state index is -0.274. The Morgan fingerprint density at radius 2 is 2.19 bits per heavy atom. The van der Waals surface area contributed by atoms with Crippen LogP contribution in [-0.2, 0) is 9.47 Å². The van der Waals surface area contributed by atoms with Gasteiger partial charge in [-0.15, -0.1) is 0 Å². The molecule has 3 nitrogen and oxygen atoms in total. The summed E-state index contributed by atoms with van der Waals surface area (Å²) in [6, 6.07) is 9.02. The minimum Gasteiger partial charge on any atom is -0.459 e. The molecule has 3 heteroatoms. The van der Waals surface area contributed by atoms with Gasteiger partial charge in [-0.3, -0.25) is 0 Å². The molecule has 0 aliphatic carbocycles. The number of hydrogen-bond donors (Lipinski definition) is 0. The summed E-state index contributed by atoms with van der Waals surface area (Å²) in [5, 5.41) is 0. The Kier molecular flexibility index (Phi) is 3.57. The van der Waals surface area contributed by atoms with E-state index in [9.17, 15) is 4.79 Å². The number of hydrogen-bond acceptors (Lipinski definition) is 3. The molecule has 0 N–H and O–H groups in total. The number of rotatable bonds is 3. The van der Waals surface area contributed by atoms with Crippen LogP contribution >= 0.6 is 0 Å². The molecule has 2 rings (SSSR count). The quantitative estimate of drug-likeness (QED) is 0.733. The number of benzene rings is 1.